The maximum atomic E-state index is 11.2. The number of benzene rings is 1. The van der Waals surface area contributed by atoms with Gasteiger partial charge in [0.2, 0.25) is 0 Å². The molecule has 0 aliphatic heterocycles. The van der Waals surface area contributed by atoms with Crippen molar-refractivity contribution in [1.29, 1.82) is 0 Å². The Bertz CT molecular complexity index is 952. The van der Waals surface area contributed by atoms with Gasteiger partial charge in [-0.2, -0.15) is 0 Å². The summed E-state index contributed by atoms with van der Waals surface area (Å²) in [6.45, 7) is 4.10. The van der Waals surface area contributed by atoms with Crippen molar-refractivity contribution in [3.8, 4) is 17.1 Å². The van der Waals surface area contributed by atoms with Gasteiger partial charge in [0.05, 0.1) is 30.2 Å². The number of carbonyl (C=O) groups is 1. The van der Waals surface area contributed by atoms with Crippen molar-refractivity contribution < 1.29 is 19.1 Å². The van der Waals surface area contributed by atoms with Crippen molar-refractivity contribution in [1.82, 2.24) is 9.97 Å². The molecule has 0 spiro atoms. The number of ether oxygens (including phenoxy) is 1. The highest BCUT2D eigenvalue weighted by atomic mass is 16.5. The molecule has 0 saturated carbocycles. The van der Waals surface area contributed by atoms with E-state index in [9.17, 15) is 9.90 Å². The fourth-order valence-corrected chi connectivity index (χ4v) is 2.87. The highest BCUT2D eigenvalue weighted by Gasteiger charge is 2.16. The second-order valence-corrected chi connectivity index (χ2v) is 5.89. The monoisotopic (exact) mass is 367 g/mol. The first kappa shape index (κ1) is 18.4. The first-order valence-corrected chi connectivity index (χ1v) is 8.68. The Morgan fingerprint density at radius 3 is 2.63 bits per heavy atom. The second-order valence-electron chi connectivity index (χ2n) is 5.89. The molecule has 0 unspecified atom stereocenters. The third-order valence-corrected chi connectivity index (χ3v) is 4.26. The summed E-state index contributed by atoms with van der Waals surface area (Å²) in [4.78, 5) is 20.5. The number of aromatic nitrogens is 2. The van der Waals surface area contributed by atoms with Crippen molar-refractivity contribution in [2.24, 2.45) is 0 Å². The fraction of sp³-hybridized carbons (Fsp3) is 0.250. The van der Waals surface area contributed by atoms with E-state index in [1.165, 1.54) is 19.2 Å². The first-order chi connectivity index (χ1) is 13.1. The van der Waals surface area contributed by atoms with E-state index in [1.807, 2.05) is 19.9 Å². The van der Waals surface area contributed by atoms with Crippen LogP contribution in [-0.4, -0.2) is 28.2 Å². The van der Waals surface area contributed by atoms with Crippen molar-refractivity contribution >= 4 is 17.5 Å². The van der Waals surface area contributed by atoms with E-state index in [2.05, 4.69) is 15.3 Å². The van der Waals surface area contributed by atoms with Crippen LogP contribution in [-0.2, 0) is 12.8 Å². The zero-order valence-electron chi connectivity index (χ0n) is 15.4. The van der Waals surface area contributed by atoms with Crippen LogP contribution < -0.4 is 10.1 Å². The van der Waals surface area contributed by atoms with E-state index < -0.39 is 5.97 Å². The van der Waals surface area contributed by atoms with E-state index in [1.54, 1.807) is 18.6 Å². The van der Waals surface area contributed by atoms with Crippen LogP contribution in [0.25, 0.3) is 11.4 Å². The molecule has 0 saturated heterocycles. The minimum Gasteiger partial charge on any atom is -0.495 e. The number of rotatable bonds is 7. The van der Waals surface area contributed by atoms with Crippen molar-refractivity contribution in [3.63, 3.8) is 0 Å². The normalized spacial score (nSPS) is 10.6. The van der Waals surface area contributed by atoms with Crippen LogP contribution in [0.3, 0.4) is 0 Å². The van der Waals surface area contributed by atoms with Gasteiger partial charge < -0.3 is 19.6 Å². The number of nitrogens with zero attached hydrogens (tertiary/aromatic N) is 2. The van der Waals surface area contributed by atoms with Gasteiger partial charge in [-0.1, -0.05) is 13.8 Å². The smallest absolute Gasteiger partial charge is 0.335 e. The van der Waals surface area contributed by atoms with Crippen molar-refractivity contribution in [2.45, 2.75) is 26.7 Å². The molecule has 0 amide bonds. The quantitative estimate of drug-likeness (QED) is 0.642. The van der Waals surface area contributed by atoms with Crippen LogP contribution in [0, 0.1) is 0 Å². The van der Waals surface area contributed by atoms with E-state index in [0.29, 0.717) is 23.1 Å². The number of aromatic carboxylic acids is 1. The van der Waals surface area contributed by atoms with Gasteiger partial charge in [-0.3, -0.25) is 0 Å². The number of carboxylic acid groups (broad SMARTS) is 1. The molecule has 0 aliphatic carbocycles. The molecule has 7 nitrogen and oxygen atoms in total. The Labute approximate surface area is 157 Å². The third kappa shape index (κ3) is 3.76. The SMILES string of the molecule is CCc1nc(-c2ccoc2)nc(Nc2ccc(C(=O)O)cc2OC)c1CC. The summed E-state index contributed by atoms with van der Waals surface area (Å²) < 4.78 is 10.5. The molecule has 27 heavy (non-hydrogen) atoms. The highest BCUT2D eigenvalue weighted by Crippen LogP contribution is 2.31. The molecule has 3 aromatic rings. The Kier molecular flexibility index (Phi) is 5.40. The Balaban J connectivity index is 2.08. The number of hydrogen-bond donors (Lipinski definition) is 2. The number of aryl methyl sites for hydroxylation is 1. The van der Waals surface area contributed by atoms with Gasteiger partial charge in [-0.15, -0.1) is 0 Å². The predicted octanol–water partition coefficient (Wildman–Crippen LogP) is 4.31. The lowest BCUT2D eigenvalue weighted by Gasteiger charge is -2.16. The number of methoxy groups -OCH3 is 1. The van der Waals surface area contributed by atoms with E-state index in [0.717, 1.165) is 29.7 Å². The summed E-state index contributed by atoms with van der Waals surface area (Å²) >= 11 is 0. The average molecular weight is 367 g/mol. The third-order valence-electron chi connectivity index (χ3n) is 4.26. The summed E-state index contributed by atoms with van der Waals surface area (Å²) in [5.41, 5.74) is 3.55. The molecule has 7 heteroatoms. The van der Waals surface area contributed by atoms with Crippen LogP contribution in [0.5, 0.6) is 5.75 Å². The molecular weight excluding hydrogens is 346 g/mol. The van der Waals surface area contributed by atoms with Gasteiger partial charge in [0.25, 0.3) is 0 Å². The van der Waals surface area contributed by atoms with Gasteiger partial charge >= 0.3 is 5.97 Å². The predicted molar refractivity (Wildman–Crippen MR) is 102 cm³/mol. The maximum absolute atomic E-state index is 11.2. The standard InChI is InChI=1S/C20H21N3O4/c1-4-14-15(5-2)21-18(13-8-9-27-11-13)23-19(14)22-16-7-6-12(20(24)25)10-17(16)26-3/h6-11H,4-5H2,1-3H3,(H,24,25)(H,21,22,23). The summed E-state index contributed by atoms with van der Waals surface area (Å²) in [6, 6.07) is 6.49. The molecule has 0 radical (unpaired) electrons. The molecule has 0 atom stereocenters. The molecule has 0 aliphatic rings. The van der Waals surface area contributed by atoms with Crippen LogP contribution in [0.15, 0.2) is 41.2 Å². The number of hydrogen-bond acceptors (Lipinski definition) is 6. The molecular formula is C20H21N3O4. The lowest BCUT2D eigenvalue weighted by atomic mass is 10.1. The maximum Gasteiger partial charge on any atom is 0.335 e. The minimum absolute atomic E-state index is 0.157. The molecule has 1 aromatic carbocycles. The van der Waals surface area contributed by atoms with E-state index in [4.69, 9.17) is 9.15 Å². The van der Waals surface area contributed by atoms with Gasteiger partial charge in [-0.25, -0.2) is 14.8 Å². The van der Waals surface area contributed by atoms with Crippen molar-refractivity contribution in [3.05, 3.63) is 53.6 Å². The molecule has 0 bridgehead atoms. The summed E-state index contributed by atoms with van der Waals surface area (Å²) in [5, 5.41) is 12.5. The van der Waals surface area contributed by atoms with Crippen molar-refractivity contribution in [2.75, 3.05) is 12.4 Å². The number of carboxylic acids is 1. The van der Waals surface area contributed by atoms with E-state index in [-0.39, 0.29) is 5.56 Å². The van der Waals surface area contributed by atoms with Gasteiger partial charge in [0.1, 0.15) is 17.8 Å². The fourth-order valence-electron chi connectivity index (χ4n) is 2.87. The second kappa shape index (κ2) is 7.90. The highest BCUT2D eigenvalue weighted by molar-refractivity contribution is 5.89. The largest absolute Gasteiger partial charge is 0.495 e. The zero-order chi connectivity index (χ0) is 19.4. The molecule has 3 rings (SSSR count). The van der Waals surface area contributed by atoms with Crippen LogP contribution >= 0.6 is 0 Å². The summed E-state index contributed by atoms with van der Waals surface area (Å²) in [7, 11) is 1.50. The molecule has 2 heterocycles. The molecule has 0 fully saturated rings. The summed E-state index contributed by atoms with van der Waals surface area (Å²) in [5.74, 6) is 0.661. The number of anilines is 2. The Hall–Kier alpha value is -3.35. The Morgan fingerprint density at radius 2 is 2.04 bits per heavy atom. The molecule has 140 valence electrons. The minimum atomic E-state index is -1.01. The first-order valence-electron chi connectivity index (χ1n) is 8.68. The lowest BCUT2D eigenvalue weighted by molar-refractivity contribution is 0.0696. The molecule has 2 N–H and O–H groups in total. The van der Waals surface area contributed by atoms with Crippen LogP contribution in [0.1, 0.15) is 35.5 Å². The topological polar surface area (TPSA) is 97.5 Å². The average Bonchev–Trinajstić information content (AvgIpc) is 3.22. The number of nitrogens with one attached hydrogen (secondary N) is 1. The Morgan fingerprint density at radius 1 is 1.22 bits per heavy atom. The van der Waals surface area contributed by atoms with Crippen LogP contribution in [0.2, 0.25) is 0 Å². The zero-order valence-corrected chi connectivity index (χ0v) is 15.4. The molecule has 2 aromatic heterocycles. The van der Waals surface area contributed by atoms with Gasteiger partial charge in [0, 0.05) is 11.3 Å². The van der Waals surface area contributed by atoms with Gasteiger partial charge in [-0.05, 0) is 37.1 Å². The van der Waals surface area contributed by atoms with Gasteiger partial charge in [0.15, 0.2) is 5.82 Å². The van der Waals surface area contributed by atoms with E-state index >= 15 is 0 Å². The number of furan rings is 1. The lowest BCUT2D eigenvalue weighted by Crippen LogP contribution is -2.08. The van der Waals surface area contributed by atoms with Crippen LogP contribution in [0.4, 0.5) is 11.5 Å². The summed E-state index contributed by atoms with van der Waals surface area (Å²) in [6.07, 6.45) is 4.71.